The molecule has 0 saturated heterocycles. The van der Waals surface area contributed by atoms with Crippen molar-refractivity contribution in [1.29, 1.82) is 0 Å². The summed E-state index contributed by atoms with van der Waals surface area (Å²) in [7, 11) is 0. The van der Waals surface area contributed by atoms with Gasteiger partial charge < -0.3 is 0 Å². The van der Waals surface area contributed by atoms with Crippen molar-refractivity contribution in [3.63, 3.8) is 0 Å². The van der Waals surface area contributed by atoms with Crippen molar-refractivity contribution in [2.45, 2.75) is 6.18 Å². The van der Waals surface area contributed by atoms with Crippen LogP contribution in [-0.4, -0.2) is 18.2 Å². The van der Waals surface area contributed by atoms with E-state index in [1.807, 2.05) is 0 Å². The number of alkyl halides is 3. The summed E-state index contributed by atoms with van der Waals surface area (Å²) >= 11 is 0.661. The Bertz CT molecular complexity index is 515. The lowest BCUT2D eigenvalue weighted by molar-refractivity contribution is -0.104. The van der Waals surface area contributed by atoms with Crippen molar-refractivity contribution in [1.82, 2.24) is 0 Å². The van der Waals surface area contributed by atoms with E-state index in [0.717, 1.165) is 0 Å². The molecule has 0 radical (unpaired) electrons. The van der Waals surface area contributed by atoms with Gasteiger partial charge in [0.05, 0.1) is 4.91 Å². The minimum atomic E-state index is -4.39. The van der Waals surface area contributed by atoms with Crippen LogP contribution in [0.25, 0.3) is 5.57 Å². The average molecular weight is 270 g/mol. The van der Waals surface area contributed by atoms with Crippen molar-refractivity contribution in [2.24, 2.45) is 0 Å². The van der Waals surface area contributed by atoms with Gasteiger partial charge in [0.15, 0.2) is 0 Å². The SMILES string of the molecule is O=CC1=CC(c2ccccc2)=C(C(F)(F)F)SC1. The van der Waals surface area contributed by atoms with Gasteiger partial charge in [-0.1, -0.05) is 30.3 Å². The van der Waals surface area contributed by atoms with Crippen LogP contribution in [0.3, 0.4) is 0 Å². The van der Waals surface area contributed by atoms with Gasteiger partial charge in [-0.15, -0.1) is 11.8 Å². The first-order chi connectivity index (χ1) is 8.52. The third-order valence-electron chi connectivity index (χ3n) is 2.45. The van der Waals surface area contributed by atoms with E-state index in [0.29, 0.717) is 29.2 Å². The fourth-order valence-corrected chi connectivity index (χ4v) is 2.62. The van der Waals surface area contributed by atoms with Crippen molar-refractivity contribution >= 4 is 23.6 Å². The molecule has 0 unspecified atom stereocenters. The second kappa shape index (κ2) is 5.02. The standard InChI is InChI=1S/C13H9F3OS/c14-13(15,16)12-11(6-9(7-17)8-18-12)10-4-2-1-3-5-10/h1-7H,8H2. The molecule has 0 N–H and O–H groups in total. The van der Waals surface area contributed by atoms with Gasteiger partial charge in [-0.25, -0.2) is 0 Å². The van der Waals surface area contributed by atoms with Crippen molar-refractivity contribution < 1.29 is 18.0 Å². The molecule has 0 aromatic heterocycles. The summed E-state index contributed by atoms with van der Waals surface area (Å²) in [5.74, 6) is 0.0642. The fraction of sp³-hybridized carbons (Fsp3) is 0.154. The lowest BCUT2D eigenvalue weighted by atomic mass is 10.0. The second-order valence-electron chi connectivity index (χ2n) is 3.73. The zero-order chi connectivity index (χ0) is 13.2. The second-order valence-corrected chi connectivity index (χ2v) is 4.72. The summed E-state index contributed by atoms with van der Waals surface area (Å²) in [6.45, 7) is 0. The number of halogens is 3. The minimum Gasteiger partial charge on any atom is -0.298 e. The Morgan fingerprint density at radius 3 is 2.39 bits per heavy atom. The highest BCUT2D eigenvalue weighted by Gasteiger charge is 2.38. The number of hydrogen-bond acceptors (Lipinski definition) is 2. The third kappa shape index (κ3) is 2.67. The molecule has 94 valence electrons. The lowest BCUT2D eigenvalue weighted by Crippen LogP contribution is -2.14. The molecule has 0 amide bonds. The van der Waals surface area contributed by atoms with Gasteiger partial charge >= 0.3 is 6.18 Å². The Morgan fingerprint density at radius 1 is 1.17 bits per heavy atom. The lowest BCUT2D eigenvalue weighted by Gasteiger charge is -2.20. The van der Waals surface area contributed by atoms with Crippen LogP contribution in [0, 0.1) is 0 Å². The molecule has 5 heteroatoms. The average Bonchev–Trinajstić information content (AvgIpc) is 2.38. The molecule has 1 aromatic rings. The molecule has 2 rings (SSSR count). The van der Waals surface area contributed by atoms with E-state index in [1.54, 1.807) is 30.3 Å². The smallest absolute Gasteiger partial charge is 0.298 e. The van der Waals surface area contributed by atoms with E-state index in [9.17, 15) is 18.0 Å². The molecule has 1 aliphatic heterocycles. The van der Waals surface area contributed by atoms with E-state index < -0.39 is 11.1 Å². The summed E-state index contributed by atoms with van der Waals surface area (Å²) in [6.07, 6.45) is -2.47. The molecule has 1 heterocycles. The van der Waals surface area contributed by atoms with E-state index in [1.165, 1.54) is 6.08 Å². The normalized spacial score (nSPS) is 16.5. The van der Waals surface area contributed by atoms with Crippen LogP contribution in [0.15, 0.2) is 46.9 Å². The van der Waals surface area contributed by atoms with Crippen LogP contribution in [0.4, 0.5) is 13.2 Å². The first kappa shape index (κ1) is 13.0. The van der Waals surface area contributed by atoms with Crippen molar-refractivity contribution in [3.8, 4) is 0 Å². The van der Waals surface area contributed by atoms with Gasteiger partial charge in [0.2, 0.25) is 0 Å². The summed E-state index contributed by atoms with van der Waals surface area (Å²) in [4.78, 5) is 10.1. The number of rotatable bonds is 2. The van der Waals surface area contributed by atoms with Crippen LogP contribution in [0.5, 0.6) is 0 Å². The topological polar surface area (TPSA) is 17.1 Å². The van der Waals surface area contributed by atoms with Crippen LogP contribution in [0.2, 0.25) is 0 Å². The van der Waals surface area contributed by atoms with Crippen LogP contribution >= 0.6 is 11.8 Å². The highest BCUT2D eigenvalue weighted by molar-refractivity contribution is 8.03. The Hall–Kier alpha value is -1.49. The van der Waals surface area contributed by atoms with Gasteiger partial charge in [0, 0.05) is 16.9 Å². The number of thioether (sulfide) groups is 1. The molecule has 1 aromatic carbocycles. The van der Waals surface area contributed by atoms with E-state index in [2.05, 4.69) is 0 Å². The molecule has 0 saturated carbocycles. The van der Waals surface area contributed by atoms with Gasteiger partial charge in [-0.3, -0.25) is 4.79 Å². The van der Waals surface area contributed by atoms with Gasteiger partial charge in [-0.05, 0) is 11.6 Å². The largest absolute Gasteiger partial charge is 0.422 e. The van der Waals surface area contributed by atoms with Gasteiger partial charge in [-0.2, -0.15) is 13.2 Å². The number of aldehydes is 1. The first-order valence-electron chi connectivity index (χ1n) is 5.18. The van der Waals surface area contributed by atoms with Crippen molar-refractivity contribution in [3.05, 3.63) is 52.4 Å². The fourth-order valence-electron chi connectivity index (χ4n) is 1.66. The molecule has 0 aliphatic carbocycles. The molecule has 1 nitrogen and oxygen atoms in total. The molecule has 0 spiro atoms. The molecule has 0 atom stereocenters. The van der Waals surface area contributed by atoms with Gasteiger partial charge in [0.25, 0.3) is 0 Å². The van der Waals surface area contributed by atoms with Crippen molar-refractivity contribution in [2.75, 3.05) is 5.75 Å². The highest BCUT2D eigenvalue weighted by atomic mass is 32.2. The maximum absolute atomic E-state index is 12.9. The van der Waals surface area contributed by atoms with Crippen LogP contribution in [-0.2, 0) is 4.79 Å². The number of allylic oxidation sites excluding steroid dienone is 3. The maximum atomic E-state index is 12.9. The van der Waals surface area contributed by atoms with E-state index in [4.69, 9.17) is 0 Å². The monoisotopic (exact) mass is 270 g/mol. The zero-order valence-corrected chi connectivity index (χ0v) is 10.0. The Labute approximate surface area is 106 Å². The summed E-state index contributed by atoms with van der Waals surface area (Å²) in [6, 6.07) is 8.28. The molecule has 1 aliphatic rings. The maximum Gasteiger partial charge on any atom is 0.422 e. The number of hydrogen-bond donors (Lipinski definition) is 0. The quantitative estimate of drug-likeness (QED) is 0.760. The number of benzene rings is 1. The Kier molecular flexibility index (Phi) is 3.61. The van der Waals surface area contributed by atoms with E-state index in [-0.39, 0.29) is 11.3 Å². The summed E-state index contributed by atoms with van der Waals surface area (Å²) < 4.78 is 38.7. The Balaban J connectivity index is 2.57. The first-order valence-corrected chi connectivity index (χ1v) is 6.16. The minimum absolute atomic E-state index is 0.0642. The predicted molar refractivity (Wildman–Crippen MR) is 66.0 cm³/mol. The molecule has 18 heavy (non-hydrogen) atoms. The number of carbonyl (C=O) groups excluding carboxylic acids is 1. The Morgan fingerprint density at radius 2 is 1.83 bits per heavy atom. The number of carbonyl (C=O) groups is 1. The highest BCUT2D eigenvalue weighted by Crippen LogP contribution is 2.43. The molecular weight excluding hydrogens is 261 g/mol. The summed E-state index contributed by atoms with van der Waals surface area (Å²) in [5.41, 5.74) is 0.907. The predicted octanol–water partition coefficient (Wildman–Crippen LogP) is 3.83. The molecule has 0 bridgehead atoms. The third-order valence-corrected chi connectivity index (χ3v) is 3.67. The van der Waals surface area contributed by atoms with E-state index >= 15 is 0 Å². The van der Waals surface area contributed by atoms with Crippen LogP contribution in [0.1, 0.15) is 5.56 Å². The zero-order valence-electron chi connectivity index (χ0n) is 9.20. The molecular formula is C13H9F3OS. The molecule has 0 fully saturated rings. The summed E-state index contributed by atoms with van der Waals surface area (Å²) in [5, 5.41) is 0. The van der Waals surface area contributed by atoms with Gasteiger partial charge in [0.1, 0.15) is 6.29 Å². The van der Waals surface area contributed by atoms with Crippen LogP contribution < -0.4 is 0 Å².